The summed E-state index contributed by atoms with van der Waals surface area (Å²) in [6.07, 6.45) is 2.37. The number of ether oxygens (including phenoxy) is 1. The Kier molecular flexibility index (Phi) is 5.67. The first-order chi connectivity index (χ1) is 12.4. The van der Waals surface area contributed by atoms with Crippen LogP contribution in [0.2, 0.25) is 5.02 Å². The number of carbonyl (C=O) groups excluding carboxylic acids is 1. The van der Waals surface area contributed by atoms with Crippen LogP contribution in [0, 0.1) is 0 Å². The average Bonchev–Trinajstić information content (AvgIpc) is 3.11. The number of halogens is 1. The van der Waals surface area contributed by atoms with Gasteiger partial charge in [0.2, 0.25) is 15.9 Å². The number of amides is 1. The Morgan fingerprint density at radius 2 is 2.15 bits per heavy atom. The predicted octanol–water partition coefficient (Wildman–Crippen LogP) is 2.66. The molecule has 9 heteroatoms. The smallest absolute Gasteiger partial charge is 0.245 e. The maximum Gasteiger partial charge on any atom is 0.245 e. The largest absolute Gasteiger partial charge is 0.468 e. The van der Waals surface area contributed by atoms with Gasteiger partial charge in [0.1, 0.15) is 10.7 Å². The molecule has 0 bridgehead atoms. The zero-order valence-electron chi connectivity index (χ0n) is 14.2. The highest BCUT2D eigenvalue weighted by Gasteiger charge is 2.29. The van der Waals surface area contributed by atoms with Crippen molar-refractivity contribution in [1.29, 1.82) is 0 Å². The van der Waals surface area contributed by atoms with Crippen LogP contribution in [0.15, 0.2) is 39.8 Å². The molecule has 2 heterocycles. The monoisotopic (exact) mass is 398 g/mol. The molecule has 1 aromatic heterocycles. The molecular weight excluding hydrogens is 380 g/mol. The van der Waals surface area contributed by atoms with E-state index in [1.165, 1.54) is 23.7 Å². The first kappa shape index (κ1) is 18.9. The van der Waals surface area contributed by atoms with Crippen molar-refractivity contribution in [2.75, 3.05) is 25.6 Å². The SMILES string of the molecule is COCCN(Cc1ccco1)S(=O)(=O)c1cc2c(cc1Cl)CCC(=O)N2. The molecule has 0 radical (unpaired) electrons. The highest BCUT2D eigenvalue weighted by Crippen LogP contribution is 2.33. The Hall–Kier alpha value is -1.87. The van der Waals surface area contributed by atoms with Crippen molar-refractivity contribution in [2.24, 2.45) is 0 Å². The Morgan fingerprint density at radius 1 is 1.35 bits per heavy atom. The number of nitrogens with zero attached hydrogens (tertiary/aromatic N) is 1. The fraction of sp³-hybridized carbons (Fsp3) is 0.353. The van der Waals surface area contributed by atoms with Gasteiger partial charge in [-0.2, -0.15) is 4.31 Å². The minimum Gasteiger partial charge on any atom is -0.468 e. The van der Waals surface area contributed by atoms with E-state index in [4.69, 9.17) is 20.8 Å². The molecule has 0 aliphatic carbocycles. The van der Waals surface area contributed by atoms with Crippen molar-refractivity contribution in [3.63, 3.8) is 0 Å². The molecule has 7 nitrogen and oxygen atoms in total. The number of nitrogens with one attached hydrogen (secondary N) is 1. The highest BCUT2D eigenvalue weighted by atomic mass is 35.5. The van der Waals surface area contributed by atoms with Gasteiger partial charge < -0.3 is 14.5 Å². The summed E-state index contributed by atoms with van der Waals surface area (Å²) >= 11 is 6.27. The van der Waals surface area contributed by atoms with Gasteiger partial charge in [0, 0.05) is 25.8 Å². The average molecular weight is 399 g/mol. The standard InChI is InChI=1S/C17H19ClN2O5S/c1-24-8-6-20(11-13-3-2-7-25-13)26(22,23)16-10-15-12(9-14(16)18)4-5-17(21)19-15/h2-3,7,9-10H,4-6,8,11H2,1H3,(H,19,21). The summed E-state index contributed by atoms with van der Waals surface area (Å²) in [6, 6.07) is 6.42. The van der Waals surface area contributed by atoms with Crippen molar-refractivity contribution in [3.8, 4) is 0 Å². The van der Waals surface area contributed by atoms with Crippen LogP contribution in [-0.2, 0) is 32.5 Å². The van der Waals surface area contributed by atoms with E-state index in [1.807, 2.05) is 0 Å². The van der Waals surface area contributed by atoms with Crippen molar-refractivity contribution in [1.82, 2.24) is 4.31 Å². The van der Waals surface area contributed by atoms with Gasteiger partial charge in [-0.05, 0) is 36.2 Å². The topological polar surface area (TPSA) is 88.8 Å². The molecule has 1 aliphatic heterocycles. The number of carbonyl (C=O) groups is 1. The molecule has 3 rings (SSSR count). The lowest BCUT2D eigenvalue weighted by atomic mass is 10.0. The van der Waals surface area contributed by atoms with Crippen LogP contribution >= 0.6 is 11.6 Å². The number of hydrogen-bond acceptors (Lipinski definition) is 5. The molecule has 0 spiro atoms. The molecule has 1 amide bonds. The second-order valence-corrected chi connectivity index (χ2v) is 8.21. The van der Waals surface area contributed by atoms with E-state index in [-0.39, 0.29) is 35.5 Å². The lowest BCUT2D eigenvalue weighted by Gasteiger charge is -2.24. The number of furan rings is 1. The number of sulfonamides is 1. The second kappa shape index (κ2) is 7.79. The molecule has 2 aromatic rings. The molecule has 140 valence electrons. The third kappa shape index (κ3) is 3.93. The van der Waals surface area contributed by atoms with Crippen molar-refractivity contribution < 1.29 is 22.4 Å². The van der Waals surface area contributed by atoms with Gasteiger partial charge >= 0.3 is 0 Å². The van der Waals surface area contributed by atoms with Gasteiger partial charge in [0.25, 0.3) is 0 Å². The molecule has 1 aromatic carbocycles. The first-order valence-corrected chi connectivity index (χ1v) is 9.87. The fourth-order valence-corrected chi connectivity index (χ4v) is 4.71. The Bertz CT molecular complexity index is 896. The van der Waals surface area contributed by atoms with Gasteiger partial charge in [-0.25, -0.2) is 8.42 Å². The minimum atomic E-state index is -3.92. The van der Waals surface area contributed by atoms with Gasteiger partial charge in [-0.1, -0.05) is 11.6 Å². The second-order valence-electron chi connectivity index (χ2n) is 5.90. The first-order valence-electron chi connectivity index (χ1n) is 8.05. The van der Waals surface area contributed by atoms with Crippen LogP contribution in [0.3, 0.4) is 0 Å². The lowest BCUT2D eigenvalue weighted by molar-refractivity contribution is -0.116. The number of methoxy groups -OCH3 is 1. The normalized spacial score (nSPS) is 14.3. The van der Waals surface area contributed by atoms with E-state index in [0.717, 1.165) is 5.56 Å². The molecule has 1 N–H and O–H groups in total. The van der Waals surface area contributed by atoms with Crippen molar-refractivity contribution >= 4 is 33.2 Å². The van der Waals surface area contributed by atoms with Crippen LogP contribution in [0.25, 0.3) is 0 Å². The van der Waals surface area contributed by atoms with Crippen molar-refractivity contribution in [2.45, 2.75) is 24.3 Å². The molecule has 0 fully saturated rings. The number of fused-ring (bicyclic) bond motifs is 1. The maximum absolute atomic E-state index is 13.2. The number of aryl methyl sites for hydroxylation is 1. The highest BCUT2D eigenvalue weighted by molar-refractivity contribution is 7.89. The van der Waals surface area contributed by atoms with Gasteiger partial charge in [-0.3, -0.25) is 4.79 Å². The lowest BCUT2D eigenvalue weighted by Crippen LogP contribution is -2.34. The zero-order chi connectivity index (χ0) is 18.7. The van der Waals surface area contributed by atoms with E-state index in [9.17, 15) is 13.2 Å². The van der Waals surface area contributed by atoms with Crippen LogP contribution < -0.4 is 5.32 Å². The molecule has 0 unspecified atom stereocenters. The molecule has 26 heavy (non-hydrogen) atoms. The number of rotatable bonds is 7. The summed E-state index contributed by atoms with van der Waals surface area (Å²) in [4.78, 5) is 11.6. The van der Waals surface area contributed by atoms with E-state index in [0.29, 0.717) is 24.3 Å². The Morgan fingerprint density at radius 3 is 2.85 bits per heavy atom. The fourth-order valence-electron chi connectivity index (χ4n) is 2.77. The van der Waals surface area contributed by atoms with Crippen LogP contribution in [0.4, 0.5) is 5.69 Å². The summed E-state index contributed by atoms with van der Waals surface area (Å²) in [5.74, 6) is 0.363. The molecule has 0 saturated carbocycles. The minimum absolute atomic E-state index is 0.0530. The Balaban J connectivity index is 1.98. The number of benzene rings is 1. The molecule has 0 atom stereocenters. The number of anilines is 1. The van der Waals surface area contributed by atoms with E-state index in [2.05, 4.69) is 5.32 Å². The van der Waals surface area contributed by atoms with Crippen molar-refractivity contribution in [3.05, 3.63) is 46.9 Å². The van der Waals surface area contributed by atoms with Crippen LogP contribution in [0.1, 0.15) is 17.7 Å². The number of hydrogen-bond donors (Lipinski definition) is 1. The van der Waals surface area contributed by atoms with E-state index in [1.54, 1.807) is 18.2 Å². The van der Waals surface area contributed by atoms with Gasteiger partial charge in [-0.15, -0.1) is 0 Å². The molecular formula is C17H19ClN2O5S. The third-order valence-electron chi connectivity index (χ3n) is 4.13. The summed E-state index contributed by atoms with van der Waals surface area (Å²) in [5.41, 5.74) is 1.30. The van der Waals surface area contributed by atoms with E-state index < -0.39 is 10.0 Å². The zero-order valence-corrected chi connectivity index (χ0v) is 15.8. The van der Waals surface area contributed by atoms with Gasteiger partial charge in [0.05, 0.1) is 24.4 Å². The van der Waals surface area contributed by atoms with Gasteiger partial charge in [0.15, 0.2) is 0 Å². The van der Waals surface area contributed by atoms with E-state index >= 15 is 0 Å². The third-order valence-corrected chi connectivity index (χ3v) is 6.44. The van der Waals surface area contributed by atoms with Crippen LogP contribution in [-0.4, -0.2) is 38.9 Å². The summed E-state index contributed by atoms with van der Waals surface area (Å²) < 4.78 is 37.9. The Labute approximate surface area is 156 Å². The quantitative estimate of drug-likeness (QED) is 0.774. The summed E-state index contributed by atoms with van der Waals surface area (Å²) in [7, 11) is -2.42. The maximum atomic E-state index is 13.2. The summed E-state index contributed by atoms with van der Waals surface area (Å²) in [6.45, 7) is 0.414. The predicted molar refractivity (Wildman–Crippen MR) is 96.6 cm³/mol. The molecule has 1 aliphatic rings. The van der Waals surface area contributed by atoms with Crippen LogP contribution in [0.5, 0.6) is 0 Å². The molecule has 0 saturated heterocycles. The summed E-state index contributed by atoms with van der Waals surface area (Å²) in [5, 5.41) is 2.83.